The zero-order valence-corrected chi connectivity index (χ0v) is 12.3. The van der Waals surface area contributed by atoms with E-state index in [1.165, 1.54) is 37.7 Å². The first-order chi connectivity index (χ1) is 9.31. The smallest absolute Gasteiger partial charge is 0.0657 e. The first-order valence-corrected chi connectivity index (χ1v) is 7.61. The normalized spacial score (nSPS) is 20.1. The molecular weight excluding hydrogens is 234 g/mol. The number of rotatable bonds is 6. The third-order valence-corrected chi connectivity index (χ3v) is 4.36. The molecule has 0 aliphatic heterocycles. The van der Waals surface area contributed by atoms with E-state index in [1.54, 1.807) is 7.11 Å². The third kappa shape index (κ3) is 4.32. The van der Waals surface area contributed by atoms with Gasteiger partial charge in [-0.25, -0.2) is 0 Å². The quantitative estimate of drug-likeness (QED) is 0.837. The van der Waals surface area contributed by atoms with Gasteiger partial charge in [0.1, 0.15) is 0 Å². The molecule has 2 rings (SSSR count). The molecule has 2 unspecified atom stereocenters. The van der Waals surface area contributed by atoms with E-state index in [0.717, 1.165) is 12.5 Å². The van der Waals surface area contributed by atoms with Gasteiger partial charge in [-0.05, 0) is 31.2 Å². The van der Waals surface area contributed by atoms with Crippen molar-refractivity contribution in [2.45, 2.75) is 51.1 Å². The average molecular weight is 261 g/mol. The van der Waals surface area contributed by atoms with Crippen molar-refractivity contribution in [1.82, 2.24) is 5.32 Å². The van der Waals surface area contributed by atoms with E-state index >= 15 is 0 Å². The van der Waals surface area contributed by atoms with Crippen molar-refractivity contribution >= 4 is 0 Å². The van der Waals surface area contributed by atoms with Crippen molar-refractivity contribution in [2.75, 3.05) is 13.7 Å². The van der Waals surface area contributed by atoms with Crippen LogP contribution in [0.1, 0.15) is 50.6 Å². The van der Waals surface area contributed by atoms with Crippen LogP contribution >= 0.6 is 0 Å². The fourth-order valence-electron chi connectivity index (χ4n) is 3.18. The molecule has 0 amide bonds. The molecule has 1 N–H and O–H groups in total. The van der Waals surface area contributed by atoms with Crippen LogP contribution in [0.4, 0.5) is 0 Å². The number of benzene rings is 1. The summed E-state index contributed by atoms with van der Waals surface area (Å²) in [5.41, 5.74) is 1.33. The van der Waals surface area contributed by atoms with E-state index in [4.69, 9.17) is 4.74 Å². The zero-order valence-electron chi connectivity index (χ0n) is 12.3. The molecular formula is C17H27NO. The second-order valence-electron chi connectivity index (χ2n) is 5.77. The second kappa shape index (κ2) is 7.66. The standard InChI is InChI=1S/C17H27NO/c1-14(15-9-5-3-6-10-15)18-17(13-19-2)16-11-7-4-8-12-16/h4,7-8,11-12,14-15,17-18H,3,5-6,9-10,13H2,1-2H3. The molecule has 1 aliphatic carbocycles. The molecule has 0 bridgehead atoms. The Morgan fingerprint density at radius 2 is 1.84 bits per heavy atom. The van der Waals surface area contributed by atoms with Crippen LogP contribution < -0.4 is 5.32 Å². The lowest BCUT2D eigenvalue weighted by atomic mass is 9.84. The lowest BCUT2D eigenvalue weighted by Gasteiger charge is -2.31. The third-order valence-electron chi connectivity index (χ3n) is 4.36. The van der Waals surface area contributed by atoms with Gasteiger partial charge in [-0.2, -0.15) is 0 Å². The first kappa shape index (κ1) is 14.5. The number of hydrogen-bond acceptors (Lipinski definition) is 2. The molecule has 0 spiro atoms. The zero-order chi connectivity index (χ0) is 13.5. The molecule has 19 heavy (non-hydrogen) atoms. The van der Waals surface area contributed by atoms with Gasteiger partial charge in [0.05, 0.1) is 12.6 Å². The van der Waals surface area contributed by atoms with Crippen LogP contribution in [-0.4, -0.2) is 19.8 Å². The Bertz CT molecular complexity index is 346. The van der Waals surface area contributed by atoms with Crippen molar-refractivity contribution in [1.29, 1.82) is 0 Å². The van der Waals surface area contributed by atoms with Crippen molar-refractivity contribution in [3.8, 4) is 0 Å². The van der Waals surface area contributed by atoms with Gasteiger partial charge in [-0.15, -0.1) is 0 Å². The Hall–Kier alpha value is -0.860. The summed E-state index contributed by atoms with van der Waals surface area (Å²) >= 11 is 0. The van der Waals surface area contributed by atoms with E-state index in [9.17, 15) is 0 Å². The fourth-order valence-corrected chi connectivity index (χ4v) is 3.18. The number of hydrogen-bond donors (Lipinski definition) is 1. The van der Waals surface area contributed by atoms with Gasteiger partial charge in [0, 0.05) is 13.2 Å². The highest BCUT2D eigenvalue weighted by molar-refractivity contribution is 5.19. The topological polar surface area (TPSA) is 21.3 Å². The predicted molar refractivity (Wildman–Crippen MR) is 80.2 cm³/mol. The molecule has 0 saturated heterocycles. The van der Waals surface area contributed by atoms with Gasteiger partial charge in [0.15, 0.2) is 0 Å². The summed E-state index contributed by atoms with van der Waals surface area (Å²) in [5, 5.41) is 3.78. The Morgan fingerprint density at radius 1 is 1.16 bits per heavy atom. The Morgan fingerprint density at radius 3 is 2.47 bits per heavy atom. The van der Waals surface area contributed by atoms with Crippen LogP contribution in [0.3, 0.4) is 0 Å². The Labute approximate surface area is 117 Å². The highest BCUT2D eigenvalue weighted by Crippen LogP contribution is 2.27. The lowest BCUT2D eigenvalue weighted by Crippen LogP contribution is -2.38. The molecule has 1 saturated carbocycles. The van der Waals surface area contributed by atoms with Crippen molar-refractivity contribution in [3.05, 3.63) is 35.9 Å². The van der Waals surface area contributed by atoms with E-state index < -0.39 is 0 Å². The maximum Gasteiger partial charge on any atom is 0.0657 e. The summed E-state index contributed by atoms with van der Waals surface area (Å²) in [7, 11) is 1.78. The molecule has 2 heteroatoms. The predicted octanol–water partition coefficient (Wildman–Crippen LogP) is 3.93. The SMILES string of the molecule is COCC(NC(C)C1CCCCC1)c1ccccc1. The highest BCUT2D eigenvalue weighted by atomic mass is 16.5. The monoisotopic (exact) mass is 261 g/mol. The first-order valence-electron chi connectivity index (χ1n) is 7.61. The molecule has 106 valence electrons. The van der Waals surface area contributed by atoms with Crippen LogP contribution in [0, 0.1) is 5.92 Å². The largest absolute Gasteiger partial charge is 0.383 e. The molecule has 0 aromatic heterocycles. The molecule has 1 fully saturated rings. The summed E-state index contributed by atoms with van der Waals surface area (Å²) in [6, 6.07) is 11.5. The summed E-state index contributed by atoms with van der Waals surface area (Å²) in [4.78, 5) is 0. The summed E-state index contributed by atoms with van der Waals surface area (Å²) in [6.07, 6.45) is 6.97. The van der Waals surface area contributed by atoms with Gasteiger partial charge in [0.2, 0.25) is 0 Å². The van der Waals surface area contributed by atoms with Crippen LogP contribution in [0.25, 0.3) is 0 Å². The minimum absolute atomic E-state index is 0.308. The number of ether oxygens (including phenoxy) is 1. The van der Waals surface area contributed by atoms with Gasteiger partial charge >= 0.3 is 0 Å². The lowest BCUT2D eigenvalue weighted by molar-refractivity contribution is 0.151. The number of methoxy groups -OCH3 is 1. The van der Waals surface area contributed by atoms with E-state index in [0.29, 0.717) is 12.1 Å². The summed E-state index contributed by atoms with van der Waals surface area (Å²) in [6.45, 7) is 3.07. The maximum absolute atomic E-state index is 5.38. The molecule has 1 aliphatic rings. The van der Waals surface area contributed by atoms with Gasteiger partial charge in [-0.1, -0.05) is 49.6 Å². The van der Waals surface area contributed by atoms with Gasteiger partial charge in [-0.3, -0.25) is 0 Å². The molecule has 1 aromatic rings. The van der Waals surface area contributed by atoms with Crippen LogP contribution in [-0.2, 0) is 4.74 Å². The molecule has 2 atom stereocenters. The van der Waals surface area contributed by atoms with Crippen molar-refractivity contribution in [2.24, 2.45) is 5.92 Å². The van der Waals surface area contributed by atoms with Crippen LogP contribution in [0.15, 0.2) is 30.3 Å². The van der Waals surface area contributed by atoms with E-state index in [-0.39, 0.29) is 0 Å². The average Bonchev–Trinajstić information content (AvgIpc) is 2.48. The highest BCUT2D eigenvalue weighted by Gasteiger charge is 2.22. The van der Waals surface area contributed by atoms with E-state index in [2.05, 4.69) is 42.6 Å². The molecule has 0 radical (unpaired) electrons. The number of nitrogens with one attached hydrogen (secondary N) is 1. The van der Waals surface area contributed by atoms with Gasteiger partial charge < -0.3 is 10.1 Å². The minimum Gasteiger partial charge on any atom is -0.383 e. The van der Waals surface area contributed by atoms with Crippen LogP contribution in [0.5, 0.6) is 0 Å². The summed E-state index contributed by atoms with van der Waals surface area (Å²) in [5.74, 6) is 0.830. The Kier molecular flexibility index (Phi) is 5.87. The van der Waals surface area contributed by atoms with Crippen molar-refractivity contribution < 1.29 is 4.74 Å². The second-order valence-corrected chi connectivity index (χ2v) is 5.77. The molecule has 1 aromatic carbocycles. The molecule has 0 heterocycles. The molecule has 2 nitrogen and oxygen atoms in total. The van der Waals surface area contributed by atoms with E-state index in [1.807, 2.05) is 0 Å². The van der Waals surface area contributed by atoms with Crippen molar-refractivity contribution in [3.63, 3.8) is 0 Å². The van der Waals surface area contributed by atoms with Gasteiger partial charge in [0.25, 0.3) is 0 Å². The van der Waals surface area contributed by atoms with Crippen LogP contribution in [0.2, 0.25) is 0 Å². The summed E-state index contributed by atoms with van der Waals surface area (Å²) < 4.78 is 5.38. The Balaban J connectivity index is 1.96. The minimum atomic E-state index is 0.308. The maximum atomic E-state index is 5.38. The fraction of sp³-hybridized carbons (Fsp3) is 0.647.